The van der Waals surface area contributed by atoms with Crippen molar-refractivity contribution in [1.82, 2.24) is 15.1 Å². The summed E-state index contributed by atoms with van der Waals surface area (Å²) < 4.78 is 0. The summed E-state index contributed by atoms with van der Waals surface area (Å²) >= 11 is 0. The fourth-order valence-electron chi connectivity index (χ4n) is 1.77. The van der Waals surface area contributed by atoms with Crippen molar-refractivity contribution in [2.24, 2.45) is 0 Å². The van der Waals surface area contributed by atoms with Gasteiger partial charge in [0.25, 0.3) is 0 Å². The lowest BCUT2D eigenvalue weighted by Crippen LogP contribution is -2.49. The van der Waals surface area contributed by atoms with Gasteiger partial charge in [-0.05, 0) is 20.5 Å². The molecule has 7 nitrogen and oxygen atoms in total. The number of carboxylic acids is 1. The van der Waals surface area contributed by atoms with Crippen molar-refractivity contribution < 1.29 is 19.8 Å². The number of nitrogens with zero attached hydrogens (tertiary/aromatic N) is 2. The Morgan fingerprint density at radius 2 is 2.18 bits per heavy atom. The molecule has 2 atom stereocenters. The number of aliphatic hydroxyl groups is 1. The van der Waals surface area contributed by atoms with Gasteiger partial charge in [0.15, 0.2) is 6.04 Å². The first-order valence-electron chi connectivity index (χ1n) is 5.51. The van der Waals surface area contributed by atoms with E-state index in [1.165, 1.54) is 0 Å². The van der Waals surface area contributed by atoms with Gasteiger partial charge < -0.3 is 25.3 Å². The van der Waals surface area contributed by atoms with Crippen molar-refractivity contribution in [2.75, 3.05) is 33.8 Å². The van der Waals surface area contributed by atoms with Crippen molar-refractivity contribution >= 4 is 12.0 Å². The van der Waals surface area contributed by atoms with Crippen molar-refractivity contribution in [3.05, 3.63) is 0 Å². The molecule has 0 bridgehead atoms. The summed E-state index contributed by atoms with van der Waals surface area (Å²) in [4.78, 5) is 26.0. The minimum atomic E-state index is -1.24. The van der Waals surface area contributed by atoms with Crippen LogP contribution in [0.2, 0.25) is 0 Å². The van der Waals surface area contributed by atoms with Gasteiger partial charge in [0, 0.05) is 19.1 Å². The molecule has 1 rings (SSSR count). The highest BCUT2D eigenvalue weighted by Gasteiger charge is 2.29. The van der Waals surface area contributed by atoms with E-state index >= 15 is 0 Å². The van der Waals surface area contributed by atoms with Crippen molar-refractivity contribution in [3.8, 4) is 0 Å². The number of amides is 2. The van der Waals surface area contributed by atoms with Gasteiger partial charge in [-0.3, -0.25) is 0 Å². The van der Waals surface area contributed by atoms with Crippen LogP contribution in [-0.2, 0) is 4.79 Å². The van der Waals surface area contributed by atoms with Gasteiger partial charge >= 0.3 is 12.0 Å². The van der Waals surface area contributed by atoms with Crippen LogP contribution in [0.4, 0.5) is 4.79 Å². The molecular weight excluding hydrogens is 226 g/mol. The molecule has 0 radical (unpaired) electrons. The van der Waals surface area contributed by atoms with E-state index in [-0.39, 0.29) is 0 Å². The number of hydrogen-bond acceptors (Lipinski definition) is 4. The van der Waals surface area contributed by atoms with Crippen LogP contribution >= 0.6 is 0 Å². The number of carbonyl (C=O) groups is 2. The molecule has 0 aliphatic carbocycles. The molecule has 0 aromatic carbocycles. The maximum absolute atomic E-state index is 11.7. The van der Waals surface area contributed by atoms with E-state index in [1.807, 2.05) is 19.0 Å². The molecule has 0 spiro atoms. The van der Waals surface area contributed by atoms with Gasteiger partial charge in [-0.25, -0.2) is 9.59 Å². The Kier molecular flexibility index (Phi) is 4.71. The second-order valence-corrected chi connectivity index (χ2v) is 4.38. The van der Waals surface area contributed by atoms with E-state index in [9.17, 15) is 9.59 Å². The standard InChI is InChI=1S/C10H19N3O4/c1-12(2)7-3-4-13(5-7)10(17)11-8(6-14)9(15)16/h7-8,14H,3-6H2,1-2H3,(H,11,17)(H,15,16)/t7?,8-/m0/s1. The first kappa shape index (κ1) is 13.7. The largest absolute Gasteiger partial charge is 0.480 e. The van der Waals surface area contributed by atoms with E-state index in [0.29, 0.717) is 19.1 Å². The third-order valence-electron chi connectivity index (χ3n) is 2.96. The summed E-state index contributed by atoms with van der Waals surface area (Å²) in [5.41, 5.74) is 0. The SMILES string of the molecule is CN(C)C1CCN(C(=O)N[C@@H](CO)C(=O)O)C1. The molecule has 0 aromatic heterocycles. The molecule has 1 heterocycles. The maximum Gasteiger partial charge on any atom is 0.328 e. The summed E-state index contributed by atoms with van der Waals surface area (Å²) in [5.74, 6) is -1.23. The van der Waals surface area contributed by atoms with E-state index in [4.69, 9.17) is 10.2 Å². The van der Waals surface area contributed by atoms with Crippen LogP contribution in [0, 0.1) is 0 Å². The zero-order chi connectivity index (χ0) is 13.0. The topological polar surface area (TPSA) is 93.1 Å². The number of likely N-dealkylation sites (N-methyl/N-ethyl adjacent to an activating group) is 1. The first-order chi connectivity index (χ1) is 7.95. The van der Waals surface area contributed by atoms with Crippen molar-refractivity contribution in [1.29, 1.82) is 0 Å². The Labute approximate surface area is 100.0 Å². The summed E-state index contributed by atoms with van der Waals surface area (Å²) in [7, 11) is 3.89. The van der Waals surface area contributed by atoms with Crippen LogP contribution in [0.15, 0.2) is 0 Å². The minimum Gasteiger partial charge on any atom is -0.480 e. The van der Waals surface area contributed by atoms with E-state index in [2.05, 4.69) is 5.32 Å². The second kappa shape index (κ2) is 5.83. The van der Waals surface area contributed by atoms with Gasteiger partial charge in [-0.2, -0.15) is 0 Å². The summed E-state index contributed by atoms with van der Waals surface area (Å²) in [5, 5.41) is 19.8. The lowest BCUT2D eigenvalue weighted by molar-refractivity contribution is -0.140. The number of aliphatic hydroxyl groups excluding tert-OH is 1. The predicted octanol–water partition coefficient (Wildman–Crippen LogP) is -1.22. The highest BCUT2D eigenvalue weighted by Crippen LogP contribution is 2.13. The molecule has 7 heteroatoms. The number of carboxylic acid groups (broad SMARTS) is 1. The van der Waals surface area contributed by atoms with E-state index in [1.54, 1.807) is 4.90 Å². The number of likely N-dealkylation sites (tertiary alicyclic amines) is 1. The molecule has 0 aromatic rings. The Bertz CT molecular complexity index is 295. The van der Waals surface area contributed by atoms with Crippen LogP contribution in [0.1, 0.15) is 6.42 Å². The smallest absolute Gasteiger partial charge is 0.328 e. The minimum absolute atomic E-state index is 0.304. The summed E-state index contributed by atoms with van der Waals surface area (Å²) in [6, 6.07) is -1.37. The number of nitrogens with one attached hydrogen (secondary N) is 1. The molecule has 17 heavy (non-hydrogen) atoms. The fraction of sp³-hybridized carbons (Fsp3) is 0.800. The average Bonchev–Trinajstić information content (AvgIpc) is 2.74. The molecule has 1 aliphatic heterocycles. The predicted molar refractivity (Wildman–Crippen MR) is 60.7 cm³/mol. The maximum atomic E-state index is 11.7. The van der Waals surface area contributed by atoms with Crippen LogP contribution in [0.3, 0.4) is 0 Å². The Morgan fingerprint density at radius 1 is 1.53 bits per heavy atom. The number of hydrogen-bond donors (Lipinski definition) is 3. The molecule has 1 fully saturated rings. The fourth-order valence-corrected chi connectivity index (χ4v) is 1.77. The quantitative estimate of drug-likeness (QED) is 0.577. The van der Waals surface area contributed by atoms with Gasteiger partial charge in [0.1, 0.15) is 0 Å². The first-order valence-corrected chi connectivity index (χ1v) is 5.51. The lowest BCUT2D eigenvalue weighted by atomic mass is 10.2. The number of carbonyl (C=O) groups excluding carboxylic acids is 1. The Hall–Kier alpha value is -1.34. The van der Waals surface area contributed by atoms with E-state index < -0.39 is 24.6 Å². The average molecular weight is 245 g/mol. The van der Waals surface area contributed by atoms with Gasteiger partial charge in [-0.1, -0.05) is 0 Å². The van der Waals surface area contributed by atoms with Crippen LogP contribution < -0.4 is 5.32 Å². The van der Waals surface area contributed by atoms with Gasteiger partial charge in [-0.15, -0.1) is 0 Å². The highest BCUT2D eigenvalue weighted by atomic mass is 16.4. The van der Waals surface area contributed by atoms with Gasteiger partial charge in [0.2, 0.25) is 0 Å². The third-order valence-corrected chi connectivity index (χ3v) is 2.96. The molecule has 1 aliphatic rings. The van der Waals surface area contributed by atoms with Crippen LogP contribution in [0.25, 0.3) is 0 Å². The molecule has 98 valence electrons. The number of urea groups is 1. The summed E-state index contributed by atoms with van der Waals surface area (Å²) in [6.45, 7) is 0.578. The normalized spacial score (nSPS) is 21.6. The Balaban J connectivity index is 2.47. The molecule has 3 N–H and O–H groups in total. The third kappa shape index (κ3) is 3.57. The Morgan fingerprint density at radius 3 is 2.59 bits per heavy atom. The van der Waals surface area contributed by atoms with Crippen molar-refractivity contribution in [2.45, 2.75) is 18.5 Å². The highest BCUT2D eigenvalue weighted by molar-refractivity contribution is 5.82. The monoisotopic (exact) mass is 245 g/mol. The molecule has 1 unspecified atom stereocenters. The van der Waals surface area contributed by atoms with Crippen LogP contribution in [0.5, 0.6) is 0 Å². The second-order valence-electron chi connectivity index (χ2n) is 4.38. The molecule has 2 amide bonds. The molecule has 1 saturated heterocycles. The van der Waals surface area contributed by atoms with Crippen LogP contribution in [-0.4, -0.2) is 77.9 Å². The van der Waals surface area contributed by atoms with Gasteiger partial charge in [0.05, 0.1) is 6.61 Å². The van der Waals surface area contributed by atoms with E-state index in [0.717, 1.165) is 6.42 Å². The number of aliphatic carboxylic acids is 1. The molecular formula is C10H19N3O4. The number of rotatable bonds is 4. The summed E-state index contributed by atoms with van der Waals surface area (Å²) in [6.07, 6.45) is 0.872. The molecule has 0 saturated carbocycles. The van der Waals surface area contributed by atoms with Crippen molar-refractivity contribution in [3.63, 3.8) is 0 Å². The zero-order valence-corrected chi connectivity index (χ0v) is 10.1. The zero-order valence-electron chi connectivity index (χ0n) is 10.1. The lowest BCUT2D eigenvalue weighted by Gasteiger charge is -2.22.